The molecule has 0 aliphatic heterocycles. The van der Waals surface area contributed by atoms with Gasteiger partial charge in [-0.3, -0.25) is 4.79 Å². The first-order valence-corrected chi connectivity index (χ1v) is 11.2. The summed E-state index contributed by atoms with van der Waals surface area (Å²) in [6.07, 6.45) is 10.1. The number of rotatable bonds is 8. The van der Waals surface area contributed by atoms with E-state index in [0.717, 1.165) is 23.7 Å². The number of fused-ring (bicyclic) bond motifs is 1. The highest BCUT2D eigenvalue weighted by Crippen LogP contribution is 2.55. The second-order valence-corrected chi connectivity index (χ2v) is 8.49. The molecule has 1 amide bonds. The SMILES string of the molecule is CCc1nccn1CCC(=O)N[C@H]1[C@H]2CCCC[C@@H]2[C@@H]1c1ccc(OC)c(OC)c1. The fourth-order valence-corrected chi connectivity index (χ4v) is 5.52. The first kappa shape index (κ1) is 20.8. The van der Waals surface area contributed by atoms with Gasteiger partial charge in [-0.25, -0.2) is 4.98 Å². The van der Waals surface area contributed by atoms with Gasteiger partial charge in [0.25, 0.3) is 0 Å². The summed E-state index contributed by atoms with van der Waals surface area (Å²) in [4.78, 5) is 17.2. The minimum atomic E-state index is 0.130. The Balaban J connectivity index is 1.47. The summed E-state index contributed by atoms with van der Waals surface area (Å²) in [5.41, 5.74) is 1.24. The maximum absolute atomic E-state index is 12.8. The van der Waals surface area contributed by atoms with Gasteiger partial charge in [0.05, 0.1) is 14.2 Å². The molecule has 1 aromatic heterocycles. The summed E-state index contributed by atoms with van der Waals surface area (Å²) in [7, 11) is 3.33. The van der Waals surface area contributed by atoms with Crippen LogP contribution in [0, 0.1) is 11.8 Å². The zero-order valence-electron chi connectivity index (χ0n) is 18.3. The van der Waals surface area contributed by atoms with Gasteiger partial charge in [-0.2, -0.15) is 0 Å². The third kappa shape index (κ3) is 3.92. The Morgan fingerprint density at radius 2 is 1.93 bits per heavy atom. The van der Waals surface area contributed by atoms with Gasteiger partial charge in [0.15, 0.2) is 11.5 Å². The highest BCUT2D eigenvalue weighted by molar-refractivity contribution is 5.76. The van der Waals surface area contributed by atoms with Crippen molar-refractivity contribution in [1.29, 1.82) is 0 Å². The monoisotopic (exact) mass is 411 g/mol. The van der Waals surface area contributed by atoms with E-state index >= 15 is 0 Å². The molecule has 1 N–H and O–H groups in total. The number of benzene rings is 1. The normalized spacial score (nSPS) is 25.2. The number of nitrogens with zero attached hydrogens (tertiary/aromatic N) is 2. The third-order valence-electron chi connectivity index (χ3n) is 7.00. The molecular formula is C24H33N3O3. The van der Waals surface area contributed by atoms with Crippen LogP contribution in [0.15, 0.2) is 30.6 Å². The molecule has 2 aliphatic carbocycles. The van der Waals surface area contributed by atoms with Crippen LogP contribution in [0.25, 0.3) is 0 Å². The first-order chi connectivity index (χ1) is 14.7. The van der Waals surface area contributed by atoms with Gasteiger partial charge in [0, 0.05) is 43.7 Å². The van der Waals surface area contributed by atoms with Crippen molar-refractivity contribution in [3.8, 4) is 11.5 Å². The number of methoxy groups -OCH3 is 2. The predicted octanol–water partition coefficient (Wildman–Crippen LogP) is 3.94. The van der Waals surface area contributed by atoms with E-state index in [4.69, 9.17) is 9.47 Å². The van der Waals surface area contributed by atoms with Crippen LogP contribution >= 0.6 is 0 Å². The Bertz CT molecular complexity index is 878. The van der Waals surface area contributed by atoms with Gasteiger partial charge in [-0.1, -0.05) is 25.8 Å². The highest BCUT2D eigenvalue weighted by atomic mass is 16.5. The van der Waals surface area contributed by atoms with E-state index in [0.29, 0.717) is 30.7 Å². The second kappa shape index (κ2) is 9.11. The van der Waals surface area contributed by atoms with E-state index in [1.54, 1.807) is 14.2 Å². The average molecular weight is 412 g/mol. The molecule has 0 bridgehead atoms. The number of aryl methyl sites for hydroxylation is 2. The largest absolute Gasteiger partial charge is 0.493 e. The lowest BCUT2D eigenvalue weighted by Gasteiger charge is -2.55. The van der Waals surface area contributed by atoms with Crippen LogP contribution in [0.1, 0.15) is 56.3 Å². The summed E-state index contributed by atoms with van der Waals surface area (Å²) in [5.74, 6) is 4.23. The number of amides is 1. The van der Waals surface area contributed by atoms with Crippen molar-refractivity contribution in [3.63, 3.8) is 0 Å². The second-order valence-electron chi connectivity index (χ2n) is 8.49. The fraction of sp³-hybridized carbons (Fsp3) is 0.583. The van der Waals surface area contributed by atoms with Gasteiger partial charge in [-0.15, -0.1) is 0 Å². The van der Waals surface area contributed by atoms with E-state index in [2.05, 4.69) is 33.9 Å². The Morgan fingerprint density at radius 3 is 2.67 bits per heavy atom. The quantitative estimate of drug-likeness (QED) is 0.715. The van der Waals surface area contributed by atoms with Crippen LogP contribution in [0.5, 0.6) is 11.5 Å². The van der Waals surface area contributed by atoms with Crippen LogP contribution in [-0.4, -0.2) is 35.7 Å². The Labute approximate surface area is 179 Å². The lowest BCUT2D eigenvalue weighted by molar-refractivity contribution is -0.125. The van der Waals surface area contributed by atoms with Gasteiger partial charge >= 0.3 is 0 Å². The molecule has 0 unspecified atom stereocenters. The maximum atomic E-state index is 12.8. The molecule has 1 heterocycles. The van der Waals surface area contributed by atoms with E-state index in [1.807, 2.05) is 18.5 Å². The van der Waals surface area contributed by atoms with Gasteiger partial charge in [0.1, 0.15) is 5.82 Å². The molecule has 2 saturated carbocycles. The van der Waals surface area contributed by atoms with Crippen molar-refractivity contribution in [2.45, 2.75) is 64.0 Å². The van der Waals surface area contributed by atoms with Crippen molar-refractivity contribution in [2.24, 2.45) is 11.8 Å². The molecule has 0 radical (unpaired) electrons. The van der Waals surface area contributed by atoms with E-state index in [9.17, 15) is 4.79 Å². The molecule has 2 aromatic rings. The lowest BCUT2D eigenvalue weighted by Crippen LogP contribution is -2.59. The van der Waals surface area contributed by atoms with E-state index in [-0.39, 0.29) is 11.9 Å². The standard InChI is InChI=1S/C24H33N3O3/c1-4-21-25-12-14-27(21)13-11-22(28)26-24-18-8-6-5-7-17(18)23(24)16-9-10-19(29-2)20(15-16)30-3/h9-10,12,14-15,17-18,23-24H,4-8,11,13H2,1-3H3,(H,26,28)/t17-,18-,23-,24-/m0/s1. The molecule has 0 saturated heterocycles. The Kier molecular flexibility index (Phi) is 6.30. The molecule has 6 heteroatoms. The molecule has 2 fully saturated rings. The minimum Gasteiger partial charge on any atom is -0.493 e. The van der Waals surface area contributed by atoms with E-state index < -0.39 is 0 Å². The Hall–Kier alpha value is -2.50. The molecule has 162 valence electrons. The van der Waals surface area contributed by atoms with E-state index in [1.165, 1.54) is 31.2 Å². The van der Waals surface area contributed by atoms with Crippen molar-refractivity contribution in [2.75, 3.05) is 14.2 Å². The zero-order valence-corrected chi connectivity index (χ0v) is 18.3. The van der Waals surface area contributed by atoms with Crippen molar-refractivity contribution >= 4 is 5.91 Å². The average Bonchev–Trinajstić information content (AvgIpc) is 3.24. The summed E-state index contributed by atoms with van der Waals surface area (Å²) < 4.78 is 13.0. The molecule has 6 nitrogen and oxygen atoms in total. The number of imidazole rings is 1. The summed E-state index contributed by atoms with van der Waals surface area (Å²) in [6, 6.07) is 6.41. The smallest absolute Gasteiger partial charge is 0.222 e. The van der Waals surface area contributed by atoms with Gasteiger partial charge in [0.2, 0.25) is 5.91 Å². The number of hydrogen-bond donors (Lipinski definition) is 1. The molecule has 0 spiro atoms. The number of hydrogen-bond acceptors (Lipinski definition) is 4. The molecule has 2 aliphatic rings. The number of carbonyl (C=O) groups excluding carboxylic acids is 1. The summed E-state index contributed by atoms with van der Waals surface area (Å²) in [6.45, 7) is 2.76. The number of aromatic nitrogens is 2. The molecule has 1 aromatic carbocycles. The Morgan fingerprint density at radius 1 is 1.17 bits per heavy atom. The number of carbonyl (C=O) groups is 1. The van der Waals surface area contributed by atoms with Gasteiger partial charge in [-0.05, 0) is 42.4 Å². The highest BCUT2D eigenvalue weighted by Gasteiger charge is 2.51. The van der Waals surface area contributed by atoms with Crippen LogP contribution in [0.3, 0.4) is 0 Å². The predicted molar refractivity (Wildman–Crippen MR) is 116 cm³/mol. The number of nitrogens with one attached hydrogen (secondary N) is 1. The third-order valence-corrected chi connectivity index (χ3v) is 7.00. The van der Waals surface area contributed by atoms with Crippen molar-refractivity contribution in [1.82, 2.24) is 14.9 Å². The lowest BCUT2D eigenvalue weighted by atomic mass is 9.53. The topological polar surface area (TPSA) is 65.4 Å². The van der Waals surface area contributed by atoms with Gasteiger partial charge < -0.3 is 19.4 Å². The van der Waals surface area contributed by atoms with Crippen LogP contribution in [0.2, 0.25) is 0 Å². The molecule has 30 heavy (non-hydrogen) atoms. The van der Waals surface area contributed by atoms with Crippen LogP contribution < -0.4 is 14.8 Å². The van der Waals surface area contributed by atoms with Crippen molar-refractivity contribution in [3.05, 3.63) is 42.0 Å². The van der Waals surface area contributed by atoms with Crippen LogP contribution in [-0.2, 0) is 17.8 Å². The van der Waals surface area contributed by atoms with Crippen molar-refractivity contribution < 1.29 is 14.3 Å². The molecule has 4 rings (SSSR count). The fourth-order valence-electron chi connectivity index (χ4n) is 5.52. The maximum Gasteiger partial charge on any atom is 0.222 e. The van der Waals surface area contributed by atoms with Crippen LogP contribution in [0.4, 0.5) is 0 Å². The molecular weight excluding hydrogens is 378 g/mol. The first-order valence-electron chi connectivity index (χ1n) is 11.2. The number of ether oxygens (including phenoxy) is 2. The zero-order chi connectivity index (χ0) is 21.1. The molecule has 4 atom stereocenters. The minimum absolute atomic E-state index is 0.130. The summed E-state index contributed by atoms with van der Waals surface area (Å²) >= 11 is 0. The summed E-state index contributed by atoms with van der Waals surface area (Å²) in [5, 5.41) is 3.39.